The summed E-state index contributed by atoms with van der Waals surface area (Å²) >= 11 is 0. The van der Waals surface area contributed by atoms with Gasteiger partial charge >= 0.3 is 6.18 Å². The number of anilines is 1. The number of hydrogen-bond acceptors (Lipinski definition) is 2. The minimum Gasteiger partial charge on any atom is -0.330 e. The van der Waals surface area contributed by atoms with Gasteiger partial charge in [-0.1, -0.05) is 6.07 Å². The maximum atomic E-state index is 13.1. The molecule has 7 heteroatoms. The van der Waals surface area contributed by atoms with Crippen molar-refractivity contribution in [2.75, 3.05) is 18.0 Å². The van der Waals surface area contributed by atoms with E-state index in [4.69, 9.17) is 5.73 Å². The highest BCUT2D eigenvalue weighted by Gasteiger charge is 2.29. The van der Waals surface area contributed by atoms with E-state index in [1.54, 1.807) is 0 Å². The topological polar surface area (TPSA) is 46.3 Å². The molecule has 0 saturated carbocycles. The van der Waals surface area contributed by atoms with Crippen LogP contribution in [0.2, 0.25) is 0 Å². The van der Waals surface area contributed by atoms with Gasteiger partial charge in [-0.15, -0.1) is 0 Å². The van der Waals surface area contributed by atoms with Crippen molar-refractivity contribution < 1.29 is 22.4 Å². The van der Waals surface area contributed by atoms with Crippen LogP contribution in [-0.2, 0) is 4.79 Å². The molecule has 20 heavy (non-hydrogen) atoms. The van der Waals surface area contributed by atoms with Gasteiger partial charge in [0, 0.05) is 18.7 Å². The second-order valence-corrected chi connectivity index (χ2v) is 4.28. The van der Waals surface area contributed by atoms with Gasteiger partial charge in [-0.2, -0.15) is 13.2 Å². The molecule has 112 valence electrons. The van der Waals surface area contributed by atoms with Gasteiger partial charge in [0.15, 0.2) is 0 Å². The zero-order valence-corrected chi connectivity index (χ0v) is 10.8. The van der Waals surface area contributed by atoms with Crippen LogP contribution in [0.4, 0.5) is 23.2 Å². The van der Waals surface area contributed by atoms with Crippen LogP contribution in [0.15, 0.2) is 24.3 Å². The van der Waals surface area contributed by atoms with Gasteiger partial charge < -0.3 is 10.6 Å². The van der Waals surface area contributed by atoms with Crippen LogP contribution < -0.4 is 10.6 Å². The monoisotopic (exact) mass is 292 g/mol. The molecule has 0 unspecified atom stereocenters. The molecule has 0 fully saturated rings. The molecule has 1 aromatic carbocycles. The second-order valence-electron chi connectivity index (χ2n) is 4.28. The number of carbonyl (C=O) groups is 1. The number of carbonyl (C=O) groups excluding carboxylic acids is 1. The number of hydrogen-bond donors (Lipinski definition) is 1. The van der Waals surface area contributed by atoms with E-state index in [-0.39, 0.29) is 12.2 Å². The average molecular weight is 292 g/mol. The van der Waals surface area contributed by atoms with Crippen molar-refractivity contribution in [2.45, 2.75) is 25.4 Å². The largest absolute Gasteiger partial charge is 0.389 e. The Labute approximate surface area is 114 Å². The molecule has 1 aromatic rings. The Balaban J connectivity index is 2.80. The summed E-state index contributed by atoms with van der Waals surface area (Å²) in [5, 5.41) is 0. The molecule has 0 aromatic heterocycles. The predicted octanol–water partition coefficient (Wildman–Crippen LogP) is 2.85. The Bertz CT molecular complexity index is 448. The number of amides is 1. The van der Waals surface area contributed by atoms with Gasteiger partial charge in [0.05, 0.1) is 6.42 Å². The minimum atomic E-state index is -4.39. The van der Waals surface area contributed by atoms with Crippen LogP contribution in [0.5, 0.6) is 0 Å². The zero-order valence-electron chi connectivity index (χ0n) is 10.8. The third-order valence-electron chi connectivity index (χ3n) is 2.63. The number of rotatable bonds is 6. The maximum absolute atomic E-state index is 13.1. The van der Waals surface area contributed by atoms with Gasteiger partial charge in [0.25, 0.3) is 0 Å². The molecule has 2 N–H and O–H groups in total. The average Bonchev–Trinajstić information content (AvgIpc) is 2.36. The molecular weight excluding hydrogens is 276 g/mol. The molecule has 0 aliphatic heterocycles. The summed E-state index contributed by atoms with van der Waals surface area (Å²) in [6, 6.07) is 5.19. The van der Waals surface area contributed by atoms with E-state index in [2.05, 4.69) is 0 Å². The van der Waals surface area contributed by atoms with Crippen molar-refractivity contribution in [3.8, 4) is 0 Å². The molecule has 3 nitrogen and oxygen atoms in total. The Kier molecular flexibility index (Phi) is 5.94. The highest BCUT2D eigenvalue weighted by Crippen LogP contribution is 2.23. The van der Waals surface area contributed by atoms with E-state index in [0.717, 1.165) is 11.0 Å². The summed E-state index contributed by atoms with van der Waals surface area (Å²) in [6.45, 7) is 0.453. The molecule has 0 aliphatic rings. The normalized spacial score (nSPS) is 11.4. The van der Waals surface area contributed by atoms with Gasteiger partial charge in [-0.05, 0) is 31.2 Å². The second kappa shape index (κ2) is 7.23. The molecule has 0 aliphatic carbocycles. The summed E-state index contributed by atoms with van der Waals surface area (Å²) < 4.78 is 49.6. The van der Waals surface area contributed by atoms with E-state index in [1.807, 2.05) is 0 Å². The van der Waals surface area contributed by atoms with E-state index >= 15 is 0 Å². The molecular formula is C13H16F4N2O. The number of nitrogens with two attached hydrogens (primary N) is 1. The number of nitrogens with zero attached hydrogens (tertiary/aromatic N) is 1. The molecule has 0 bridgehead atoms. The van der Waals surface area contributed by atoms with Crippen LogP contribution in [-0.4, -0.2) is 25.2 Å². The summed E-state index contributed by atoms with van der Waals surface area (Å²) in [5.74, 6) is -1.25. The first kappa shape index (κ1) is 16.4. The molecule has 0 saturated heterocycles. The van der Waals surface area contributed by atoms with Crippen LogP contribution in [0.3, 0.4) is 0 Å². The van der Waals surface area contributed by atoms with Crippen LogP contribution >= 0.6 is 0 Å². The lowest BCUT2D eigenvalue weighted by Crippen LogP contribution is -2.33. The highest BCUT2D eigenvalue weighted by molar-refractivity contribution is 5.93. The first-order valence-corrected chi connectivity index (χ1v) is 6.16. The SMILES string of the molecule is NCCCN(C(=O)CCC(F)(F)F)c1cccc(F)c1. The van der Waals surface area contributed by atoms with Gasteiger partial charge in [0.1, 0.15) is 5.82 Å². The van der Waals surface area contributed by atoms with Crippen LogP contribution in [0, 0.1) is 5.82 Å². The van der Waals surface area contributed by atoms with Crippen LogP contribution in [0.25, 0.3) is 0 Å². The number of halogens is 4. The Hall–Kier alpha value is -1.63. The van der Waals surface area contributed by atoms with Crippen molar-refractivity contribution in [1.29, 1.82) is 0 Å². The highest BCUT2D eigenvalue weighted by atomic mass is 19.4. The zero-order chi connectivity index (χ0) is 15.2. The lowest BCUT2D eigenvalue weighted by Gasteiger charge is -2.23. The smallest absolute Gasteiger partial charge is 0.330 e. The quantitative estimate of drug-likeness (QED) is 0.819. The molecule has 0 radical (unpaired) electrons. The predicted molar refractivity (Wildman–Crippen MR) is 67.7 cm³/mol. The molecule has 1 rings (SSSR count). The fourth-order valence-electron chi connectivity index (χ4n) is 1.67. The third kappa shape index (κ3) is 5.56. The van der Waals surface area contributed by atoms with Crippen molar-refractivity contribution in [2.24, 2.45) is 5.73 Å². The molecule has 0 heterocycles. The molecule has 0 spiro atoms. The fraction of sp³-hybridized carbons (Fsp3) is 0.462. The van der Waals surface area contributed by atoms with Gasteiger partial charge in [-0.3, -0.25) is 4.79 Å². The van der Waals surface area contributed by atoms with Gasteiger partial charge in [0.2, 0.25) is 5.91 Å². The fourth-order valence-corrected chi connectivity index (χ4v) is 1.67. The standard InChI is InChI=1S/C13H16F4N2O/c14-10-3-1-4-11(9-10)19(8-2-7-18)12(20)5-6-13(15,16)17/h1,3-4,9H,2,5-8,18H2. The summed E-state index contributed by atoms with van der Waals surface area (Å²) in [6.07, 6.45) is -5.82. The Morgan fingerprint density at radius 1 is 1.30 bits per heavy atom. The molecule has 1 amide bonds. The van der Waals surface area contributed by atoms with E-state index in [1.165, 1.54) is 18.2 Å². The lowest BCUT2D eigenvalue weighted by atomic mass is 10.2. The van der Waals surface area contributed by atoms with Crippen molar-refractivity contribution in [3.05, 3.63) is 30.1 Å². The minimum absolute atomic E-state index is 0.163. The van der Waals surface area contributed by atoms with Crippen LogP contribution in [0.1, 0.15) is 19.3 Å². The summed E-state index contributed by atoms with van der Waals surface area (Å²) in [5.41, 5.74) is 5.58. The van der Waals surface area contributed by atoms with Gasteiger partial charge in [-0.25, -0.2) is 4.39 Å². The van der Waals surface area contributed by atoms with Crippen molar-refractivity contribution >= 4 is 11.6 Å². The van der Waals surface area contributed by atoms with Crippen molar-refractivity contribution in [1.82, 2.24) is 0 Å². The lowest BCUT2D eigenvalue weighted by molar-refractivity contribution is -0.143. The van der Waals surface area contributed by atoms with E-state index in [9.17, 15) is 22.4 Å². The summed E-state index contributed by atoms with van der Waals surface area (Å²) in [4.78, 5) is 13.0. The first-order chi connectivity index (χ1) is 9.33. The van der Waals surface area contributed by atoms with E-state index < -0.39 is 30.7 Å². The Morgan fingerprint density at radius 2 is 2.00 bits per heavy atom. The number of alkyl halides is 3. The Morgan fingerprint density at radius 3 is 2.55 bits per heavy atom. The number of benzene rings is 1. The molecule has 0 atom stereocenters. The third-order valence-corrected chi connectivity index (χ3v) is 2.63. The maximum Gasteiger partial charge on any atom is 0.389 e. The summed E-state index contributed by atoms with van der Waals surface area (Å²) in [7, 11) is 0. The van der Waals surface area contributed by atoms with E-state index in [0.29, 0.717) is 13.0 Å². The first-order valence-electron chi connectivity index (χ1n) is 6.16. The van der Waals surface area contributed by atoms with Crippen molar-refractivity contribution in [3.63, 3.8) is 0 Å².